The molecule has 2 rings (SSSR count). The smallest absolute Gasteiger partial charge is 0.314 e. The lowest BCUT2D eigenvalue weighted by molar-refractivity contribution is -0.153. The third kappa shape index (κ3) is 1.49. The number of benzene rings is 1. The van der Waals surface area contributed by atoms with Crippen molar-refractivity contribution >= 4 is 5.97 Å². The first-order valence-electron chi connectivity index (χ1n) is 5.04. The lowest BCUT2D eigenvalue weighted by Crippen LogP contribution is -2.50. The van der Waals surface area contributed by atoms with E-state index in [1.807, 2.05) is 0 Å². The maximum absolute atomic E-state index is 11.2. The van der Waals surface area contributed by atoms with E-state index in [1.54, 1.807) is 0 Å². The number of hydrogen-bond acceptors (Lipinski definition) is 5. The van der Waals surface area contributed by atoms with Crippen LogP contribution in [0.3, 0.4) is 0 Å². The van der Waals surface area contributed by atoms with Crippen molar-refractivity contribution in [3.63, 3.8) is 0 Å². The fraction of sp³-hybridized carbons (Fsp3) is 0.364. The summed E-state index contributed by atoms with van der Waals surface area (Å²) in [6.45, 7) is 0. The summed E-state index contributed by atoms with van der Waals surface area (Å²) in [6.07, 6.45) is -0.790. The van der Waals surface area contributed by atoms with Gasteiger partial charge in [0.05, 0.1) is 6.10 Å². The number of hydrogen-bond donors (Lipinski definition) is 5. The largest absolute Gasteiger partial charge is 0.504 e. The van der Waals surface area contributed by atoms with E-state index in [4.69, 9.17) is 5.11 Å². The van der Waals surface area contributed by atoms with Crippen LogP contribution in [0.1, 0.15) is 18.4 Å². The topological polar surface area (TPSA) is 118 Å². The fourth-order valence-corrected chi connectivity index (χ4v) is 2.21. The Bertz CT molecular complexity index is 475. The standard InChI is InChI=1S/C11H12O6/c12-5-3-11(4-5,10(16)17)6-1-2-7(13)9(15)8(6)14/h1-2,5,12-15H,3-4H2,(H,16,17). The average Bonchev–Trinajstić information content (AvgIpc) is 2.22. The van der Waals surface area contributed by atoms with Crippen LogP contribution < -0.4 is 0 Å². The average molecular weight is 240 g/mol. The van der Waals surface area contributed by atoms with Crippen LogP contribution in [-0.4, -0.2) is 37.6 Å². The van der Waals surface area contributed by atoms with Crippen molar-refractivity contribution in [3.05, 3.63) is 17.7 Å². The second kappa shape index (κ2) is 3.53. The molecule has 0 saturated heterocycles. The second-order valence-corrected chi connectivity index (χ2v) is 4.28. The number of aromatic hydroxyl groups is 3. The number of carboxylic acids is 1. The number of carbonyl (C=O) groups is 1. The van der Waals surface area contributed by atoms with Crippen molar-refractivity contribution in [1.29, 1.82) is 0 Å². The first kappa shape index (κ1) is 11.5. The van der Waals surface area contributed by atoms with E-state index in [0.29, 0.717) is 0 Å². The monoisotopic (exact) mass is 240 g/mol. The Morgan fingerprint density at radius 1 is 1.18 bits per heavy atom. The summed E-state index contributed by atoms with van der Waals surface area (Å²) in [5, 5.41) is 46.6. The van der Waals surface area contributed by atoms with Gasteiger partial charge in [0, 0.05) is 5.56 Å². The molecule has 0 atom stereocenters. The summed E-state index contributed by atoms with van der Waals surface area (Å²) in [5.74, 6) is -3.10. The molecule has 17 heavy (non-hydrogen) atoms. The number of phenols is 3. The van der Waals surface area contributed by atoms with E-state index in [9.17, 15) is 25.2 Å². The van der Waals surface area contributed by atoms with Crippen molar-refractivity contribution in [2.24, 2.45) is 0 Å². The lowest BCUT2D eigenvalue weighted by Gasteiger charge is -2.42. The summed E-state index contributed by atoms with van der Waals surface area (Å²) in [4.78, 5) is 11.2. The fourth-order valence-electron chi connectivity index (χ4n) is 2.21. The minimum absolute atomic E-state index is 0.00519. The van der Waals surface area contributed by atoms with E-state index in [0.717, 1.165) is 6.07 Å². The molecule has 1 saturated carbocycles. The van der Waals surface area contributed by atoms with Crippen molar-refractivity contribution in [3.8, 4) is 17.2 Å². The maximum Gasteiger partial charge on any atom is 0.314 e. The molecule has 0 unspecified atom stereocenters. The molecular formula is C11H12O6. The van der Waals surface area contributed by atoms with Gasteiger partial charge in [-0.2, -0.15) is 0 Å². The summed E-state index contributed by atoms with van der Waals surface area (Å²) in [5.41, 5.74) is -1.39. The van der Waals surface area contributed by atoms with E-state index >= 15 is 0 Å². The number of phenolic OH excluding ortho intramolecular Hbond substituents is 3. The first-order valence-corrected chi connectivity index (χ1v) is 5.04. The SMILES string of the molecule is O=C(O)C1(c2ccc(O)c(O)c2O)CC(O)C1. The zero-order valence-corrected chi connectivity index (χ0v) is 8.79. The predicted octanol–water partition coefficient (Wildman–Crippen LogP) is 0.280. The summed E-state index contributed by atoms with van der Waals surface area (Å²) in [7, 11) is 0. The van der Waals surface area contributed by atoms with Crippen LogP contribution >= 0.6 is 0 Å². The van der Waals surface area contributed by atoms with E-state index in [-0.39, 0.29) is 18.4 Å². The van der Waals surface area contributed by atoms with Gasteiger partial charge in [0.15, 0.2) is 11.5 Å². The second-order valence-electron chi connectivity index (χ2n) is 4.28. The third-order valence-corrected chi connectivity index (χ3v) is 3.22. The van der Waals surface area contributed by atoms with Crippen LogP contribution in [0.25, 0.3) is 0 Å². The zero-order valence-electron chi connectivity index (χ0n) is 8.79. The molecule has 1 fully saturated rings. The molecule has 1 aliphatic rings. The van der Waals surface area contributed by atoms with Crippen LogP contribution in [0.2, 0.25) is 0 Å². The molecule has 5 N–H and O–H groups in total. The summed E-state index contributed by atoms with van der Waals surface area (Å²) < 4.78 is 0. The molecule has 0 aromatic heterocycles. The number of rotatable bonds is 2. The molecule has 6 heteroatoms. The van der Waals surface area contributed by atoms with Crippen LogP contribution in [-0.2, 0) is 10.2 Å². The molecule has 1 aromatic carbocycles. The minimum atomic E-state index is -1.39. The molecule has 1 aliphatic carbocycles. The van der Waals surface area contributed by atoms with Crippen molar-refractivity contribution < 1.29 is 30.3 Å². The molecule has 0 spiro atoms. The van der Waals surface area contributed by atoms with Gasteiger partial charge in [-0.05, 0) is 18.9 Å². The van der Waals surface area contributed by atoms with E-state index < -0.39 is 34.7 Å². The maximum atomic E-state index is 11.2. The Kier molecular flexibility index (Phi) is 2.39. The Labute approximate surface area is 96.4 Å². The highest BCUT2D eigenvalue weighted by atomic mass is 16.4. The van der Waals surface area contributed by atoms with Gasteiger partial charge in [-0.25, -0.2) is 0 Å². The summed E-state index contributed by atoms with van der Waals surface area (Å²) >= 11 is 0. The van der Waals surface area contributed by atoms with Gasteiger partial charge in [0.2, 0.25) is 5.75 Å². The highest BCUT2D eigenvalue weighted by Crippen LogP contribution is 2.51. The number of carboxylic acid groups (broad SMARTS) is 1. The van der Waals surface area contributed by atoms with Crippen molar-refractivity contribution in [2.45, 2.75) is 24.4 Å². The van der Waals surface area contributed by atoms with Gasteiger partial charge in [-0.15, -0.1) is 0 Å². The first-order chi connectivity index (χ1) is 7.88. The molecule has 0 bridgehead atoms. The number of aliphatic carboxylic acids is 1. The molecule has 1 aromatic rings. The van der Waals surface area contributed by atoms with Gasteiger partial charge < -0.3 is 25.5 Å². The quantitative estimate of drug-likeness (QED) is 0.474. The van der Waals surface area contributed by atoms with Gasteiger partial charge in [-0.1, -0.05) is 6.07 Å². The highest BCUT2D eigenvalue weighted by molar-refractivity contribution is 5.84. The Balaban J connectivity index is 2.53. The molecular weight excluding hydrogens is 228 g/mol. The predicted molar refractivity (Wildman–Crippen MR) is 56.0 cm³/mol. The van der Waals surface area contributed by atoms with Crippen LogP contribution in [0.4, 0.5) is 0 Å². The van der Waals surface area contributed by atoms with Crippen LogP contribution in [0.15, 0.2) is 12.1 Å². The number of aliphatic hydroxyl groups is 1. The minimum Gasteiger partial charge on any atom is -0.504 e. The van der Waals surface area contributed by atoms with E-state index in [2.05, 4.69) is 0 Å². The highest BCUT2D eigenvalue weighted by Gasteiger charge is 2.53. The van der Waals surface area contributed by atoms with Gasteiger partial charge in [0.1, 0.15) is 5.41 Å². The molecule has 0 radical (unpaired) electrons. The van der Waals surface area contributed by atoms with Gasteiger partial charge >= 0.3 is 5.97 Å². The molecule has 0 heterocycles. The normalized spacial score (nSPS) is 27.5. The van der Waals surface area contributed by atoms with Gasteiger partial charge in [-0.3, -0.25) is 4.79 Å². The number of aliphatic hydroxyl groups excluding tert-OH is 1. The Morgan fingerprint density at radius 3 is 2.24 bits per heavy atom. The van der Waals surface area contributed by atoms with Crippen LogP contribution in [0, 0.1) is 0 Å². The molecule has 0 amide bonds. The van der Waals surface area contributed by atoms with Crippen LogP contribution in [0.5, 0.6) is 17.2 Å². The van der Waals surface area contributed by atoms with Crippen molar-refractivity contribution in [2.75, 3.05) is 0 Å². The third-order valence-electron chi connectivity index (χ3n) is 3.22. The molecule has 6 nitrogen and oxygen atoms in total. The van der Waals surface area contributed by atoms with E-state index in [1.165, 1.54) is 6.07 Å². The zero-order chi connectivity index (χ0) is 12.8. The lowest BCUT2D eigenvalue weighted by atomic mass is 9.62. The summed E-state index contributed by atoms with van der Waals surface area (Å²) in [6, 6.07) is 2.35. The van der Waals surface area contributed by atoms with Crippen molar-refractivity contribution in [1.82, 2.24) is 0 Å². The molecule has 92 valence electrons. The molecule has 0 aliphatic heterocycles. The van der Waals surface area contributed by atoms with Gasteiger partial charge in [0.25, 0.3) is 0 Å². The Hall–Kier alpha value is -1.95. The Morgan fingerprint density at radius 2 is 1.76 bits per heavy atom.